The molecule has 1 atom stereocenters. The molecule has 0 spiro atoms. The van der Waals surface area contributed by atoms with Gasteiger partial charge in [-0.1, -0.05) is 13.3 Å². The highest BCUT2D eigenvalue weighted by Crippen LogP contribution is 2.18. The Balaban J connectivity index is 1.93. The number of furan rings is 1. The summed E-state index contributed by atoms with van der Waals surface area (Å²) in [6.45, 7) is 7.63. The molecule has 0 amide bonds. The van der Waals surface area contributed by atoms with Gasteiger partial charge in [-0.05, 0) is 38.3 Å². The fourth-order valence-corrected chi connectivity index (χ4v) is 2.99. The number of carbonyl (C=O) groups excluding carboxylic acids is 1. The predicted octanol–water partition coefficient (Wildman–Crippen LogP) is 2.84. The van der Waals surface area contributed by atoms with Crippen LogP contribution in [0.3, 0.4) is 0 Å². The Morgan fingerprint density at radius 1 is 1.48 bits per heavy atom. The van der Waals surface area contributed by atoms with Gasteiger partial charge in [-0.15, -0.1) is 0 Å². The number of carbonyl (C=O) groups is 1. The van der Waals surface area contributed by atoms with E-state index in [2.05, 4.69) is 17.1 Å². The zero-order chi connectivity index (χ0) is 17.9. The van der Waals surface area contributed by atoms with Gasteiger partial charge in [-0.25, -0.2) is 0 Å². The minimum atomic E-state index is -0.0873. The minimum absolute atomic E-state index is 0.0584. The van der Waals surface area contributed by atoms with E-state index in [1.54, 1.807) is 6.26 Å². The van der Waals surface area contributed by atoms with Crippen molar-refractivity contribution >= 4 is 11.9 Å². The standard InChI is InChI=1S/C19H31N3O3/c1-3-5-11-20-19(21-12-10-17-9-7-14-25-17)22-13-6-8-16(15-22)18(23)24-4-2/h7,9,14,16H,3-6,8,10-13,15H2,1-2H3,(H,20,21). The molecule has 6 nitrogen and oxygen atoms in total. The molecule has 25 heavy (non-hydrogen) atoms. The average molecular weight is 349 g/mol. The fraction of sp³-hybridized carbons (Fsp3) is 0.684. The van der Waals surface area contributed by atoms with Crippen LogP contribution in [0.4, 0.5) is 0 Å². The van der Waals surface area contributed by atoms with Crippen molar-refractivity contribution in [2.24, 2.45) is 10.9 Å². The van der Waals surface area contributed by atoms with Crippen LogP contribution in [0.2, 0.25) is 0 Å². The summed E-state index contributed by atoms with van der Waals surface area (Å²) < 4.78 is 10.6. The fourth-order valence-electron chi connectivity index (χ4n) is 2.99. The Morgan fingerprint density at radius 3 is 3.08 bits per heavy atom. The lowest BCUT2D eigenvalue weighted by molar-refractivity contribution is -0.149. The van der Waals surface area contributed by atoms with Crippen LogP contribution in [0.15, 0.2) is 27.8 Å². The highest BCUT2D eigenvalue weighted by molar-refractivity contribution is 5.81. The maximum absolute atomic E-state index is 12.1. The van der Waals surface area contributed by atoms with Crippen molar-refractivity contribution < 1.29 is 13.9 Å². The topological polar surface area (TPSA) is 67.1 Å². The van der Waals surface area contributed by atoms with Crippen molar-refractivity contribution in [3.8, 4) is 0 Å². The number of piperidine rings is 1. The van der Waals surface area contributed by atoms with E-state index >= 15 is 0 Å². The molecule has 1 fully saturated rings. The largest absolute Gasteiger partial charge is 0.469 e. The van der Waals surface area contributed by atoms with Crippen LogP contribution in [0.25, 0.3) is 0 Å². The SMILES string of the molecule is CCCCN=C(NCCc1ccco1)N1CCCC(C(=O)OCC)C1. The first-order valence-electron chi connectivity index (χ1n) is 9.46. The lowest BCUT2D eigenvalue weighted by Crippen LogP contribution is -2.48. The molecule has 2 rings (SSSR count). The Morgan fingerprint density at radius 2 is 2.36 bits per heavy atom. The Kier molecular flexibility index (Phi) is 8.35. The summed E-state index contributed by atoms with van der Waals surface area (Å²) in [6, 6.07) is 3.88. The molecule has 0 aliphatic carbocycles. The molecule has 0 radical (unpaired) electrons. The molecule has 1 aliphatic heterocycles. The molecule has 2 heterocycles. The molecule has 140 valence electrons. The van der Waals surface area contributed by atoms with E-state index in [1.165, 1.54) is 0 Å². The number of rotatable bonds is 8. The zero-order valence-electron chi connectivity index (χ0n) is 15.5. The third-order valence-corrected chi connectivity index (χ3v) is 4.35. The van der Waals surface area contributed by atoms with Crippen molar-refractivity contribution in [2.45, 2.75) is 46.0 Å². The van der Waals surface area contributed by atoms with Gasteiger partial charge in [0.25, 0.3) is 0 Å². The van der Waals surface area contributed by atoms with E-state index in [1.807, 2.05) is 19.1 Å². The van der Waals surface area contributed by atoms with E-state index < -0.39 is 0 Å². The van der Waals surface area contributed by atoms with Crippen LogP contribution in [0.1, 0.15) is 45.3 Å². The van der Waals surface area contributed by atoms with Gasteiger partial charge in [0.1, 0.15) is 5.76 Å². The van der Waals surface area contributed by atoms with Gasteiger partial charge < -0.3 is 19.4 Å². The third kappa shape index (κ3) is 6.44. The molecule has 1 N–H and O–H groups in total. The summed E-state index contributed by atoms with van der Waals surface area (Å²) >= 11 is 0. The van der Waals surface area contributed by atoms with Crippen LogP contribution in [0, 0.1) is 5.92 Å². The number of likely N-dealkylation sites (tertiary alicyclic amines) is 1. The number of guanidine groups is 1. The zero-order valence-corrected chi connectivity index (χ0v) is 15.5. The van der Waals surface area contributed by atoms with E-state index in [9.17, 15) is 4.79 Å². The highest BCUT2D eigenvalue weighted by atomic mass is 16.5. The number of ether oxygens (including phenoxy) is 1. The summed E-state index contributed by atoms with van der Waals surface area (Å²) in [5.41, 5.74) is 0. The second-order valence-corrected chi connectivity index (χ2v) is 6.35. The second-order valence-electron chi connectivity index (χ2n) is 6.35. The van der Waals surface area contributed by atoms with Crippen molar-refractivity contribution in [3.05, 3.63) is 24.2 Å². The van der Waals surface area contributed by atoms with Gasteiger partial charge in [-0.2, -0.15) is 0 Å². The van der Waals surface area contributed by atoms with E-state index in [0.717, 1.165) is 63.5 Å². The number of aliphatic imine (C=N–C) groups is 1. The van der Waals surface area contributed by atoms with E-state index in [4.69, 9.17) is 14.1 Å². The molecular formula is C19H31N3O3. The molecule has 1 unspecified atom stereocenters. The van der Waals surface area contributed by atoms with Crippen LogP contribution < -0.4 is 5.32 Å². The van der Waals surface area contributed by atoms with Gasteiger partial charge in [0, 0.05) is 32.6 Å². The summed E-state index contributed by atoms with van der Waals surface area (Å²) in [5, 5.41) is 3.44. The molecule has 1 aliphatic rings. The molecular weight excluding hydrogens is 318 g/mol. The van der Waals surface area contributed by atoms with Crippen LogP contribution in [0.5, 0.6) is 0 Å². The normalized spacial score (nSPS) is 18.2. The van der Waals surface area contributed by atoms with Gasteiger partial charge in [-0.3, -0.25) is 9.79 Å². The number of nitrogens with zero attached hydrogens (tertiary/aromatic N) is 2. The quantitative estimate of drug-likeness (QED) is 0.338. The van der Waals surface area contributed by atoms with Crippen molar-refractivity contribution in [1.82, 2.24) is 10.2 Å². The number of hydrogen-bond acceptors (Lipinski definition) is 4. The molecule has 0 bridgehead atoms. The molecule has 1 saturated heterocycles. The number of unbranched alkanes of at least 4 members (excludes halogenated alkanes) is 1. The number of hydrogen-bond donors (Lipinski definition) is 1. The summed E-state index contributed by atoms with van der Waals surface area (Å²) in [5.74, 6) is 1.71. The lowest BCUT2D eigenvalue weighted by Gasteiger charge is -2.34. The van der Waals surface area contributed by atoms with Crippen LogP contribution in [-0.2, 0) is 16.0 Å². The lowest BCUT2D eigenvalue weighted by atomic mass is 9.98. The number of esters is 1. The molecule has 1 aromatic rings. The first-order valence-corrected chi connectivity index (χ1v) is 9.46. The van der Waals surface area contributed by atoms with E-state index in [0.29, 0.717) is 13.2 Å². The molecule has 1 aromatic heterocycles. The molecule has 0 aromatic carbocycles. The molecule has 0 saturated carbocycles. The maximum Gasteiger partial charge on any atom is 0.310 e. The minimum Gasteiger partial charge on any atom is -0.469 e. The third-order valence-electron chi connectivity index (χ3n) is 4.35. The first kappa shape index (κ1) is 19.3. The van der Waals surface area contributed by atoms with Gasteiger partial charge in [0.05, 0.1) is 18.8 Å². The average Bonchev–Trinajstić information content (AvgIpc) is 3.14. The van der Waals surface area contributed by atoms with Crippen molar-refractivity contribution in [1.29, 1.82) is 0 Å². The van der Waals surface area contributed by atoms with Crippen molar-refractivity contribution in [3.63, 3.8) is 0 Å². The molecule has 6 heteroatoms. The Labute approximate surface area is 150 Å². The summed E-state index contributed by atoms with van der Waals surface area (Å²) in [7, 11) is 0. The number of nitrogens with one attached hydrogen (secondary N) is 1. The second kappa shape index (κ2) is 10.8. The maximum atomic E-state index is 12.1. The van der Waals surface area contributed by atoms with E-state index in [-0.39, 0.29) is 11.9 Å². The van der Waals surface area contributed by atoms with Crippen LogP contribution in [-0.4, -0.2) is 49.6 Å². The summed E-state index contributed by atoms with van der Waals surface area (Å²) in [6.07, 6.45) is 6.57. The van der Waals surface area contributed by atoms with Crippen molar-refractivity contribution in [2.75, 3.05) is 32.8 Å². The first-order chi connectivity index (χ1) is 12.2. The Hall–Kier alpha value is -1.98. The van der Waals surface area contributed by atoms with Gasteiger partial charge >= 0.3 is 5.97 Å². The van der Waals surface area contributed by atoms with Crippen LogP contribution >= 0.6 is 0 Å². The summed E-state index contributed by atoms with van der Waals surface area (Å²) in [4.78, 5) is 19.0. The monoisotopic (exact) mass is 349 g/mol. The smallest absolute Gasteiger partial charge is 0.310 e. The van der Waals surface area contributed by atoms with Gasteiger partial charge in [0.15, 0.2) is 5.96 Å². The Bertz CT molecular complexity index is 528. The highest BCUT2D eigenvalue weighted by Gasteiger charge is 2.28. The predicted molar refractivity (Wildman–Crippen MR) is 98.6 cm³/mol. The van der Waals surface area contributed by atoms with Gasteiger partial charge in [0.2, 0.25) is 0 Å².